The van der Waals surface area contributed by atoms with Crippen LogP contribution in [-0.4, -0.2) is 11.3 Å². The van der Waals surface area contributed by atoms with Crippen LogP contribution in [-0.2, 0) is 5.88 Å². The van der Waals surface area contributed by atoms with Gasteiger partial charge in [0.15, 0.2) is 6.29 Å². The van der Waals surface area contributed by atoms with Crippen LogP contribution >= 0.6 is 34.2 Å². The zero-order valence-electron chi connectivity index (χ0n) is 6.81. The van der Waals surface area contributed by atoms with Gasteiger partial charge in [0, 0.05) is 5.88 Å². The number of halogens is 4. The average Bonchev–Trinajstić information content (AvgIpc) is 2.15. The molecule has 0 unspecified atom stereocenters. The van der Waals surface area contributed by atoms with E-state index in [-0.39, 0.29) is 22.7 Å². The Morgan fingerprint density at radius 2 is 2.29 bits per heavy atom. The van der Waals surface area contributed by atoms with Gasteiger partial charge in [-0.2, -0.15) is 0 Å². The Kier molecular flexibility index (Phi) is 4.18. The second-order valence-electron chi connectivity index (χ2n) is 2.46. The fourth-order valence-electron chi connectivity index (χ4n) is 1.05. The van der Waals surface area contributed by atoms with E-state index in [9.17, 15) is 13.6 Å². The molecular formula is C8H5ClF2INO. The van der Waals surface area contributed by atoms with Crippen molar-refractivity contribution in [2.24, 2.45) is 0 Å². The van der Waals surface area contributed by atoms with Crippen molar-refractivity contribution >= 4 is 40.5 Å². The van der Waals surface area contributed by atoms with Crippen LogP contribution in [0.2, 0.25) is 0 Å². The van der Waals surface area contributed by atoms with Crippen LogP contribution in [0.1, 0.15) is 28.0 Å². The number of alkyl halides is 3. The number of carbonyl (C=O) groups excluding carboxylic acids is 1. The van der Waals surface area contributed by atoms with Crippen molar-refractivity contribution in [1.29, 1.82) is 0 Å². The third-order valence-corrected chi connectivity index (χ3v) is 2.46. The zero-order chi connectivity index (χ0) is 10.7. The first-order valence-electron chi connectivity index (χ1n) is 3.58. The van der Waals surface area contributed by atoms with E-state index in [0.29, 0.717) is 9.99 Å². The number of nitrogens with zero attached hydrogens (tertiary/aromatic N) is 1. The van der Waals surface area contributed by atoms with Gasteiger partial charge >= 0.3 is 0 Å². The molecule has 14 heavy (non-hydrogen) atoms. The molecular weight excluding hydrogens is 326 g/mol. The SMILES string of the molecule is O=Cc1nc(I)cc(CCl)c1C(F)F. The summed E-state index contributed by atoms with van der Waals surface area (Å²) in [7, 11) is 0. The lowest BCUT2D eigenvalue weighted by Crippen LogP contribution is -2.03. The number of hydrogen-bond acceptors (Lipinski definition) is 2. The Balaban J connectivity index is 3.40. The first-order chi connectivity index (χ1) is 6.60. The van der Waals surface area contributed by atoms with Gasteiger partial charge in [0.1, 0.15) is 9.39 Å². The molecule has 1 aromatic heterocycles. The summed E-state index contributed by atoms with van der Waals surface area (Å²) >= 11 is 7.34. The molecule has 0 amide bonds. The largest absolute Gasteiger partial charge is 0.296 e. The summed E-state index contributed by atoms with van der Waals surface area (Å²) < 4.78 is 25.5. The number of carbonyl (C=O) groups is 1. The van der Waals surface area contributed by atoms with E-state index < -0.39 is 6.43 Å². The highest BCUT2D eigenvalue weighted by Crippen LogP contribution is 2.27. The third-order valence-electron chi connectivity index (χ3n) is 1.62. The van der Waals surface area contributed by atoms with E-state index in [2.05, 4.69) is 4.98 Å². The van der Waals surface area contributed by atoms with Crippen molar-refractivity contribution in [3.8, 4) is 0 Å². The minimum atomic E-state index is -2.73. The van der Waals surface area contributed by atoms with Crippen LogP contribution in [0.15, 0.2) is 6.07 Å². The van der Waals surface area contributed by atoms with E-state index in [1.54, 1.807) is 0 Å². The molecule has 0 fully saturated rings. The number of hydrogen-bond donors (Lipinski definition) is 0. The standard InChI is InChI=1S/C8H5ClF2INO/c9-2-4-1-6(12)13-5(3-14)7(4)8(10)11/h1,3,8H,2H2. The maximum absolute atomic E-state index is 12.5. The molecule has 0 bridgehead atoms. The Labute approximate surface area is 97.8 Å². The normalized spacial score (nSPS) is 10.6. The summed E-state index contributed by atoms with van der Waals surface area (Å²) in [6.45, 7) is 0. The van der Waals surface area contributed by atoms with Crippen molar-refractivity contribution < 1.29 is 13.6 Å². The molecule has 2 nitrogen and oxygen atoms in total. The number of aldehydes is 1. The summed E-state index contributed by atoms with van der Waals surface area (Å²) in [6.07, 6.45) is -2.41. The molecule has 0 N–H and O–H groups in total. The average molecular weight is 331 g/mol. The summed E-state index contributed by atoms with van der Waals surface area (Å²) in [6, 6.07) is 1.45. The minimum absolute atomic E-state index is 0.0565. The van der Waals surface area contributed by atoms with Gasteiger partial charge in [-0.3, -0.25) is 4.79 Å². The predicted molar refractivity (Wildman–Crippen MR) is 56.9 cm³/mol. The fourth-order valence-corrected chi connectivity index (χ4v) is 1.90. The van der Waals surface area contributed by atoms with E-state index in [0.717, 1.165) is 0 Å². The van der Waals surface area contributed by atoms with Gasteiger partial charge in [0.2, 0.25) is 0 Å². The zero-order valence-corrected chi connectivity index (χ0v) is 9.72. The highest BCUT2D eigenvalue weighted by Gasteiger charge is 2.19. The molecule has 0 spiro atoms. The Hall–Kier alpha value is -0.300. The topological polar surface area (TPSA) is 30.0 Å². The van der Waals surface area contributed by atoms with E-state index in [1.165, 1.54) is 6.07 Å². The number of aromatic nitrogens is 1. The molecule has 0 aliphatic rings. The molecule has 0 saturated carbocycles. The van der Waals surface area contributed by atoms with E-state index in [4.69, 9.17) is 11.6 Å². The van der Waals surface area contributed by atoms with Crippen LogP contribution < -0.4 is 0 Å². The Morgan fingerprint density at radius 1 is 1.64 bits per heavy atom. The first-order valence-corrected chi connectivity index (χ1v) is 5.20. The van der Waals surface area contributed by atoms with Crippen molar-refractivity contribution in [1.82, 2.24) is 4.98 Å². The monoisotopic (exact) mass is 331 g/mol. The van der Waals surface area contributed by atoms with Crippen molar-refractivity contribution in [2.45, 2.75) is 12.3 Å². The summed E-state index contributed by atoms with van der Waals surface area (Å²) in [4.78, 5) is 14.2. The molecule has 0 aromatic carbocycles. The molecule has 76 valence electrons. The first kappa shape index (κ1) is 11.8. The summed E-state index contributed by atoms with van der Waals surface area (Å²) in [5, 5.41) is 0. The van der Waals surface area contributed by atoms with Crippen molar-refractivity contribution in [2.75, 3.05) is 0 Å². The van der Waals surface area contributed by atoms with Crippen molar-refractivity contribution in [3.05, 3.63) is 26.6 Å². The quantitative estimate of drug-likeness (QED) is 0.368. The highest BCUT2D eigenvalue weighted by atomic mass is 127. The maximum Gasteiger partial charge on any atom is 0.266 e. The second-order valence-corrected chi connectivity index (χ2v) is 3.83. The second kappa shape index (κ2) is 4.97. The molecule has 6 heteroatoms. The van der Waals surface area contributed by atoms with Gasteiger partial charge in [0.05, 0.1) is 5.56 Å². The molecule has 0 atom stereocenters. The van der Waals surface area contributed by atoms with Gasteiger partial charge in [-0.15, -0.1) is 11.6 Å². The van der Waals surface area contributed by atoms with Crippen LogP contribution in [0, 0.1) is 3.70 Å². The third kappa shape index (κ3) is 2.38. The van der Waals surface area contributed by atoms with Gasteiger partial charge in [-0.1, -0.05) is 0 Å². The predicted octanol–water partition coefficient (Wildman–Crippen LogP) is 3.18. The van der Waals surface area contributed by atoms with Gasteiger partial charge < -0.3 is 0 Å². The maximum atomic E-state index is 12.5. The van der Waals surface area contributed by atoms with Crippen molar-refractivity contribution in [3.63, 3.8) is 0 Å². The lowest BCUT2D eigenvalue weighted by molar-refractivity contribution is 0.110. The number of pyridine rings is 1. The van der Waals surface area contributed by atoms with Crippen LogP contribution in [0.5, 0.6) is 0 Å². The van der Waals surface area contributed by atoms with E-state index in [1.807, 2.05) is 22.6 Å². The lowest BCUT2D eigenvalue weighted by atomic mass is 10.1. The lowest BCUT2D eigenvalue weighted by Gasteiger charge is -2.08. The van der Waals surface area contributed by atoms with Crippen LogP contribution in [0.4, 0.5) is 8.78 Å². The molecule has 1 rings (SSSR count). The summed E-state index contributed by atoms with van der Waals surface area (Å²) in [5.74, 6) is -0.0565. The molecule has 0 aliphatic heterocycles. The van der Waals surface area contributed by atoms with Gasteiger partial charge in [-0.25, -0.2) is 13.8 Å². The smallest absolute Gasteiger partial charge is 0.266 e. The van der Waals surface area contributed by atoms with Gasteiger partial charge in [-0.05, 0) is 34.2 Å². The Bertz CT molecular complexity index is 359. The van der Waals surface area contributed by atoms with E-state index >= 15 is 0 Å². The molecule has 0 saturated heterocycles. The fraction of sp³-hybridized carbons (Fsp3) is 0.250. The van der Waals surface area contributed by atoms with Crippen LogP contribution in [0.3, 0.4) is 0 Å². The molecule has 1 aromatic rings. The molecule has 0 radical (unpaired) electrons. The van der Waals surface area contributed by atoms with Gasteiger partial charge in [0.25, 0.3) is 6.43 Å². The van der Waals surface area contributed by atoms with Crippen LogP contribution in [0.25, 0.3) is 0 Å². The highest BCUT2D eigenvalue weighted by molar-refractivity contribution is 14.1. The molecule has 1 heterocycles. The number of rotatable bonds is 3. The molecule has 0 aliphatic carbocycles. The Morgan fingerprint density at radius 3 is 2.71 bits per heavy atom. The summed E-state index contributed by atoms with van der Waals surface area (Å²) in [5.41, 5.74) is -0.346. The minimum Gasteiger partial charge on any atom is -0.296 e.